The van der Waals surface area contributed by atoms with Crippen LogP contribution in [-0.2, 0) is 0 Å². The molecule has 0 fully saturated rings. The molecule has 12 aromatic rings. The fraction of sp³-hybridized carbons (Fsp3) is 0. The third kappa shape index (κ3) is 5.79. The average Bonchev–Trinajstić information content (AvgIpc) is 3.32. The van der Waals surface area contributed by atoms with Crippen LogP contribution in [0.25, 0.3) is 121 Å². The van der Waals surface area contributed by atoms with Gasteiger partial charge in [0.2, 0.25) is 0 Å². The smallest absolute Gasteiger partial charge is 0.160 e. The van der Waals surface area contributed by atoms with Crippen molar-refractivity contribution in [3.05, 3.63) is 212 Å². The Hall–Kier alpha value is -8.01. The van der Waals surface area contributed by atoms with Crippen LogP contribution in [0.15, 0.2) is 212 Å². The van der Waals surface area contributed by atoms with Gasteiger partial charge in [-0.2, -0.15) is 0 Å². The molecule has 0 saturated carbocycles. The molecule has 0 unspecified atom stereocenters. The standard InChI is InChI=1S/C57H35N3/c1-4-14-41-31-44(28-21-36(41)11-1)53-35-54(45-29-22-37-12-2-5-15-42(37)32-45)60-57(59-53)40-26-24-39(25-27-40)50-34-51-55(48-18-8-7-17-47(48)50)49-19-9-10-20-52(49)58-56(51)46-30-23-38-13-3-6-16-43(38)33-46/h1-35H. The van der Waals surface area contributed by atoms with Crippen LogP contribution < -0.4 is 0 Å². The van der Waals surface area contributed by atoms with Gasteiger partial charge in [-0.3, -0.25) is 0 Å². The van der Waals surface area contributed by atoms with Crippen LogP contribution >= 0.6 is 0 Å². The molecule has 60 heavy (non-hydrogen) atoms. The van der Waals surface area contributed by atoms with Crippen molar-refractivity contribution in [1.29, 1.82) is 0 Å². The van der Waals surface area contributed by atoms with Crippen LogP contribution in [0.3, 0.4) is 0 Å². The Labute approximate surface area is 346 Å². The maximum absolute atomic E-state index is 5.36. The number of aromatic nitrogens is 3. The molecule has 3 heteroatoms. The second-order valence-electron chi connectivity index (χ2n) is 15.6. The van der Waals surface area contributed by atoms with E-state index in [0.717, 1.165) is 66.8 Å². The topological polar surface area (TPSA) is 38.7 Å². The summed E-state index contributed by atoms with van der Waals surface area (Å²) in [5.74, 6) is 0.688. The van der Waals surface area contributed by atoms with Crippen LogP contribution in [0.5, 0.6) is 0 Å². The molecule has 2 heterocycles. The van der Waals surface area contributed by atoms with Crippen LogP contribution in [0.2, 0.25) is 0 Å². The van der Waals surface area contributed by atoms with E-state index in [4.69, 9.17) is 15.0 Å². The molecule has 0 radical (unpaired) electrons. The van der Waals surface area contributed by atoms with Crippen molar-refractivity contribution in [3.8, 4) is 56.3 Å². The van der Waals surface area contributed by atoms with Crippen molar-refractivity contribution in [2.45, 2.75) is 0 Å². The molecule has 0 aliphatic heterocycles. The van der Waals surface area contributed by atoms with Crippen molar-refractivity contribution >= 4 is 64.8 Å². The van der Waals surface area contributed by atoms with Crippen LogP contribution in [-0.4, -0.2) is 15.0 Å². The maximum Gasteiger partial charge on any atom is 0.160 e. The summed E-state index contributed by atoms with van der Waals surface area (Å²) in [6, 6.07) is 75.8. The fourth-order valence-electron chi connectivity index (χ4n) is 8.98. The van der Waals surface area contributed by atoms with E-state index in [0.29, 0.717) is 5.82 Å². The highest BCUT2D eigenvalue weighted by Gasteiger charge is 2.18. The van der Waals surface area contributed by atoms with E-state index in [2.05, 4.69) is 212 Å². The zero-order chi connectivity index (χ0) is 39.6. The summed E-state index contributed by atoms with van der Waals surface area (Å²) in [6.07, 6.45) is 0. The molecule has 0 bridgehead atoms. The van der Waals surface area contributed by atoms with E-state index in [1.165, 1.54) is 48.5 Å². The number of pyridine rings is 1. The summed E-state index contributed by atoms with van der Waals surface area (Å²) in [4.78, 5) is 15.8. The Morgan fingerprint density at radius 1 is 0.267 bits per heavy atom. The van der Waals surface area contributed by atoms with Crippen LogP contribution in [0.4, 0.5) is 0 Å². The van der Waals surface area contributed by atoms with Gasteiger partial charge >= 0.3 is 0 Å². The Morgan fingerprint density at radius 2 is 0.717 bits per heavy atom. The lowest BCUT2D eigenvalue weighted by atomic mass is 9.89. The van der Waals surface area contributed by atoms with Crippen molar-refractivity contribution in [1.82, 2.24) is 15.0 Å². The molecule has 0 saturated heterocycles. The van der Waals surface area contributed by atoms with Gasteiger partial charge in [-0.25, -0.2) is 15.0 Å². The largest absolute Gasteiger partial charge is 0.247 e. The quantitative estimate of drug-likeness (QED) is 0.164. The Balaban J connectivity index is 1.03. The fourth-order valence-corrected chi connectivity index (χ4v) is 8.98. The maximum atomic E-state index is 5.36. The highest BCUT2D eigenvalue weighted by molar-refractivity contribution is 6.25. The molecule has 0 spiro atoms. The lowest BCUT2D eigenvalue weighted by molar-refractivity contribution is 1.18. The van der Waals surface area contributed by atoms with E-state index in [9.17, 15) is 0 Å². The number of para-hydroxylation sites is 1. The van der Waals surface area contributed by atoms with Crippen molar-refractivity contribution in [2.75, 3.05) is 0 Å². The molecular weight excluding hydrogens is 727 g/mol. The van der Waals surface area contributed by atoms with Crippen molar-refractivity contribution in [3.63, 3.8) is 0 Å². The lowest BCUT2D eigenvalue weighted by Crippen LogP contribution is -1.96. The summed E-state index contributed by atoms with van der Waals surface area (Å²) in [6.45, 7) is 0. The van der Waals surface area contributed by atoms with Gasteiger partial charge in [0, 0.05) is 38.4 Å². The molecule has 278 valence electrons. The first-order valence-corrected chi connectivity index (χ1v) is 20.4. The number of hydrogen-bond donors (Lipinski definition) is 0. The predicted octanol–water partition coefficient (Wildman–Crippen LogP) is 15.1. The SMILES string of the molecule is c1ccc2cc(-c3cc(-c4ccc5ccccc5c4)nc(-c4ccc(-c5cc6c(-c7ccc8ccccc8c7)nc7ccccc7c6c6ccccc56)cc4)n3)ccc2c1. The van der Waals surface area contributed by atoms with Crippen LogP contribution in [0.1, 0.15) is 0 Å². The third-order valence-electron chi connectivity index (χ3n) is 12.0. The Bertz CT molecular complexity index is 3560. The molecule has 0 aliphatic rings. The summed E-state index contributed by atoms with van der Waals surface area (Å²) in [5.41, 5.74) is 10.2. The lowest BCUT2D eigenvalue weighted by Gasteiger charge is -2.16. The van der Waals surface area contributed by atoms with Gasteiger partial charge in [-0.1, -0.05) is 176 Å². The summed E-state index contributed by atoms with van der Waals surface area (Å²) < 4.78 is 0. The van der Waals surface area contributed by atoms with Gasteiger partial charge in [0.05, 0.1) is 22.6 Å². The van der Waals surface area contributed by atoms with Gasteiger partial charge in [0.25, 0.3) is 0 Å². The predicted molar refractivity (Wildman–Crippen MR) is 252 cm³/mol. The number of benzene rings is 10. The van der Waals surface area contributed by atoms with E-state index in [1.54, 1.807) is 0 Å². The third-order valence-corrected chi connectivity index (χ3v) is 12.0. The second kappa shape index (κ2) is 13.8. The number of nitrogens with zero attached hydrogens (tertiary/aromatic N) is 3. The molecule has 0 N–H and O–H groups in total. The van der Waals surface area contributed by atoms with Crippen molar-refractivity contribution < 1.29 is 0 Å². The normalized spacial score (nSPS) is 11.7. The molecule has 0 aliphatic carbocycles. The molecule has 10 aromatic carbocycles. The summed E-state index contributed by atoms with van der Waals surface area (Å²) >= 11 is 0. The van der Waals surface area contributed by atoms with E-state index < -0.39 is 0 Å². The summed E-state index contributed by atoms with van der Waals surface area (Å²) in [7, 11) is 0. The highest BCUT2D eigenvalue weighted by atomic mass is 14.9. The summed E-state index contributed by atoms with van der Waals surface area (Å²) in [5, 5.41) is 13.1. The highest BCUT2D eigenvalue weighted by Crippen LogP contribution is 2.42. The number of fused-ring (bicyclic) bond motifs is 8. The molecule has 12 rings (SSSR count). The van der Waals surface area contributed by atoms with E-state index >= 15 is 0 Å². The molecule has 0 amide bonds. The van der Waals surface area contributed by atoms with Crippen molar-refractivity contribution in [2.24, 2.45) is 0 Å². The number of hydrogen-bond acceptors (Lipinski definition) is 3. The van der Waals surface area contributed by atoms with E-state index in [1.807, 2.05) is 0 Å². The van der Waals surface area contributed by atoms with Gasteiger partial charge in [0.15, 0.2) is 5.82 Å². The Morgan fingerprint density at radius 3 is 1.32 bits per heavy atom. The van der Waals surface area contributed by atoms with Gasteiger partial charge in [-0.15, -0.1) is 0 Å². The van der Waals surface area contributed by atoms with E-state index in [-0.39, 0.29) is 0 Å². The first-order valence-electron chi connectivity index (χ1n) is 20.4. The van der Waals surface area contributed by atoms with Crippen LogP contribution in [0, 0.1) is 0 Å². The molecule has 3 nitrogen and oxygen atoms in total. The zero-order valence-electron chi connectivity index (χ0n) is 32.5. The monoisotopic (exact) mass is 761 g/mol. The first kappa shape index (κ1) is 34.1. The molecule has 0 atom stereocenters. The first-order chi connectivity index (χ1) is 29.7. The van der Waals surface area contributed by atoms with Gasteiger partial charge < -0.3 is 0 Å². The minimum absolute atomic E-state index is 0.688. The molecular formula is C57H35N3. The van der Waals surface area contributed by atoms with Gasteiger partial charge in [-0.05, 0) is 90.6 Å². The van der Waals surface area contributed by atoms with Gasteiger partial charge in [0.1, 0.15) is 0 Å². The Kier molecular flexibility index (Phi) is 7.85. The minimum Gasteiger partial charge on any atom is -0.247 e. The average molecular weight is 762 g/mol. The number of rotatable bonds is 5. The molecule has 2 aromatic heterocycles. The second-order valence-corrected chi connectivity index (χ2v) is 15.6. The minimum atomic E-state index is 0.688. The zero-order valence-corrected chi connectivity index (χ0v) is 32.5.